The summed E-state index contributed by atoms with van der Waals surface area (Å²) in [5, 5.41) is 14.7. The minimum Gasteiger partial charge on any atom is -0.382 e. The fraction of sp³-hybridized carbons (Fsp3) is 0.462. The van der Waals surface area contributed by atoms with Crippen LogP contribution in [0, 0.1) is 12.8 Å². The largest absolute Gasteiger partial charge is 0.382 e. The van der Waals surface area contributed by atoms with Crippen molar-refractivity contribution in [3.8, 4) is 5.69 Å². The van der Waals surface area contributed by atoms with Crippen LogP contribution in [-0.2, 0) is 0 Å². The number of hydrogen-bond donors (Lipinski definition) is 1. The lowest BCUT2D eigenvalue weighted by atomic mass is 10.1. The normalized spacial score (nSPS) is 12.7. The molecule has 2 rings (SSSR count). The minimum absolute atomic E-state index is 0.447. The van der Waals surface area contributed by atoms with Crippen LogP contribution in [0.25, 0.3) is 5.69 Å². The highest BCUT2D eigenvalue weighted by molar-refractivity contribution is 5.53. The van der Waals surface area contributed by atoms with Gasteiger partial charge in [-0.2, -0.15) is 0 Å². The van der Waals surface area contributed by atoms with E-state index < -0.39 is 0 Å². The second-order valence-electron chi connectivity index (χ2n) is 4.93. The zero-order valence-electron chi connectivity index (χ0n) is 11.3. The van der Waals surface area contributed by atoms with Gasteiger partial charge < -0.3 is 5.32 Å². The Kier molecular flexibility index (Phi) is 3.60. The van der Waals surface area contributed by atoms with E-state index in [2.05, 4.69) is 60.7 Å². The van der Waals surface area contributed by atoms with Crippen LogP contribution in [0.15, 0.2) is 24.5 Å². The van der Waals surface area contributed by atoms with Gasteiger partial charge in [-0.05, 0) is 54.0 Å². The molecule has 0 aliphatic rings. The SMILES string of the molecule is Cc1cc(NC(C)C(C)C)ccc1-n1cnnn1. The molecule has 1 atom stereocenters. The average molecular weight is 245 g/mol. The van der Waals surface area contributed by atoms with E-state index in [1.165, 1.54) is 0 Å². The predicted octanol–water partition coefficient (Wildman–Crippen LogP) is 2.43. The quantitative estimate of drug-likeness (QED) is 0.898. The second kappa shape index (κ2) is 5.16. The first-order valence-corrected chi connectivity index (χ1v) is 6.18. The van der Waals surface area contributed by atoms with Gasteiger partial charge in [0.05, 0.1) is 5.69 Å². The van der Waals surface area contributed by atoms with Gasteiger partial charge in [-0.15, -0.1) is 5.10 Å². The molecular weight excluding hydrogens is 226 g/mol. The van der Waals surface area contributed by atoms with Crippen molar-refractivity contribution in [1.82, 2.24) is 20.2 Å². The molecule has 1 heterocycles. The van der Waals surface area contributed by atoms with Crippen molar-refractivity contribution in [1.29, 1.82) is 0 Å². The van der Waals surface area contributed by atoms with Crippen molar-refractivity contribution in [2.45, 2.75) is 33.7 Å². The highest BCUT2D eigenvalue weighted by Crippen LogP contribution is 2.19. The van der Waals surface area contributed by atoms with Gasteiger partial charge in [-0.1, -0.05) is 13.8 Å². The summed E-state index contributed by atoms with van der Waals surface area (Å²) < 4.78 is 1.67. The Hall–Kier alpha value is -1.91. The highest BCUT2D eigenvalue weighted by Gasteiger charge is 2.08. The smallest absolute Gasteiger partial charge is 0.143 e. The van der Waals surface area contributed by atoms with Gasteiger partial charge in [0.25, 0.3) is 0 Å². The Labute approximate surface area is 107 Å². The fourth-order valence-corrected chi connectivity index (χ4v) is 1.70. The third-order valence-corrected chi connectivity index (χ3v) is 3.19. The molecule has 1 aromatic carbocycles. The molecule has 18 heavy (non-hydrogen) atoms. The van der Waals surface area contributed by atoms with Gasteiger partial charge in [0.1, 0.15) is 6.33 Å². The number of nitrogens with zero attached hydrogens (tertiary/aromatic N) is 4. The predicted molar refractivity (Wildman–Crippen MR) is 71.8 cm³/mol. The van der Waals surface area contributed by atoms with Gasteiger partial charge in [-0.25, -0.2) is 4.68 Å². The van der Waals surface area contributed by atoms with Crippen LogP contribution in [0.3, 0.4) is 0 Å². The molecule has 5 heteroatoms. The second-order valence-corrected chi connectivity index (χ2v) is 4.93. The lowest BCUT2D eigenvalue weighted by Crippen LogP contribution is -2.21. The number of tetrazole rings is 1. The summed E-state index contributed by atoms with van der Waals surface area (Å²) in [5.41, 5.74) is 3.27. The number of rotatable bonds is 4. The Balaban J connectivity index is 2.20. The molecule has 1 N–H and O–H groups in total. The summed E-state index contributed by atoms with van der Waals surface area (Å²) in [6.45, 7) is 8.66. The zero-order chi connectivity index (χ0) is 13.1. The van der Waals surface area contributed by atoms with Crippen molar-refractivity contribution in [3.63, 3.8) is 0 Å². The number of nitrogens with one attached hydrogen (secondary N) is 1. The molecule has 2 aromatic rings. The maximum Gasteiger partial charge on any atom is 0.143 e. The van der Waals surface area contributed by atoms with Crippen molar-refractivity contribution in [2.24, 2.45) is 5.92 Å². The van der Waals surface area contributed by atoms with Gasteiger partial charge in [0, 0.05) is 11.7 Å². The Morgan fingerprint density at radius 1 is 1.22 bits per heavy atom. The van der Waals surface area contributed by atoms with E-state index in [4.69, 9.17) is 0 Å². The average Bonchev–Trinajstić information content (AvgIpc) is 2.82. The summed E-state index contributed by atoms with van der Waals surface area (Å²) in [6.07, 6.45) is 1.60. The van der Waals surface area contributed by atoms with Crippen LogP contribution >= 0.6 is 0 Å². The Bertz CT molecular complexity index is 504. The molecular formula is C13H19N5. The van der Waals surface area contributed by atoms with E-state index in [1.54, 1.807) is 11.0 Å². The van der Waals surface area contributed by atoms with Crippen LogP contribution in [0.2, 0.25) is 0 Å². The van der Waals surface area contributed by atoms with Gasteiger partial charge in [0.15, 0.2) is 0 Å². The number of aryl methyl sites for hydroxylation is 1. The van der Waals surface area contributed by atoms with Crippen LogP contribution in [0.1, 0.15) is 26.3 Å². The third-order valence-electron chi connectivity index (χ3n) is 3.19. The Morgan fingerprint density at radius 3 is 2.56 bits per heavy atom. The maximum atomic E-state index is 3.90. The summed E-state index contributed by atoms with van der Waals surface area (Å²) in [7, 11) is 0. The third kappa shape index (κ3) is 2.67. The van der Waals surface area contributed by atoms with Crippen molar-refractivity contribution >= 4 is 5.69 Å². The van der Waals surface area contributed by atoms with E-state index >= 15 is 0 Å². The molecule has 5 nitrogen and oxygen atoms in total. The first-order chi connectivity index (χ1) is 8.58. The van der Waals surface area contributed by atoms with Crippen LogP contribution < -0.4 is 5.32 Å². The monoisotopic (exact) mass is 245 g/mol. The molecule has 96 valence electrons. The van der Waals surface area contributed by atoms with Crippen LogP contribution in [-0.4, -0.2) is 26.2 Å². The highest BCUT2D eigenvalue weighted by atomic mass is 15.5. The first kappa shape index (κ1) is 12.5. The minimum atomic E-state index is 0.447. The maximum absolute atomic E-state index is 3.90. The molecule has 0 saturated carbocycles. The van der Waals surface area contributed by atoms with Gasteiger partial charge in [0.2, 0.25) is 0 Å². The van der Waals surface area contributed by atoms with E-state index in [-0.39, 0.29) is 0 Å². The fourth-order valence-electron chi connectivity index (χ4n) is 1.70. The summed E-state index contributed by atoms with van der Waals surface area (Å²) in [4.78, 5) is 0. The Morgan fingerprint density at radius 2 is 2.00 bits per heavy atom. The van der Waals surface area contributed by atoms with Crippen LogP contribution in [0.4, 0.5) is 5.69 Å². The van der Waals surface area contributed by atoms with Crippen molar-refractivity contribution in [2.75, 3.05) is 5.32 Å². The molecule has 0 aliphatic carbocycles. The van der Waals surface area contributed by atoms with E-state index in [9.17, 15) is 0 Å². The van der Waals surface area contributed by atoms with Crippen LogP contribution in [0.5, 0.6) is 0 Å². The van der Waals surface area contributed by atoms with Crippen molar-refractivity contribution in [3.05, 3.63) is 30.1 Å². The topological polar surface area (TPSA) is 55.6 Å². The summed E-state index contributed by atoms with van der Waals surface area (Å²) in [6, 6.07) is 6.66. The summed E-state index contributed by atoms with van der Waals surface area (Å²) in [5.74, 6) is 0.601. The zero-order valence-corrected chi connectivity index (χ0v) is 11.3. The lowest BCUT2D eigenvalue weighted by Gasteiger charge is -2.19. The molecule has 0 aliphatic heterocycles. The van der Waals surface area contributed by atoms with E-state index in [0.29, 0.717) is 12.0 Å². The molecule has 0 amide bonds. The molecule has 0 bridgehead atoms. The van der Waals surface area contributed by atoms with E-state index in [0.717, 1.165) is 16.9 Å². The standard InChI is InChI=1S/C13H19N5/c1-9(2)11(4)15-12-5-6-13(10(3)7-12)18-8-14-16-17-18/h5-9,11,15H,1-4H3. The van der Waals surface area contributed by atoms with Crippen molar-refractivity contribution < 1.29 is 0 Å². The summed E-state index contributed by atoms with van der Waals surface area (Å²) >= 11 is 0. The molecule has 0 fully saturated rings. The molecule has 1 unspecified atom stereocenters. The molecule has 0 spiro atoms. The number of aromatic nitrogens is 4. The molecule has 0 saturated heterocycles. The lowest BCUT2D eigenvalue weighted by molar-refractivity contribution is 0.560. The molecule has 1 aromatic heterocycles. The number of hydrogen-bond acceptors (Lipinski definition) is 4. The van der Waals surface area contributed by atoms with E-state index in [1.807, 2.05) is 6.07 Å². The van der Waals surface area contributed by atoms with Gasteiger partial charge in [-0.3, -0.25) is 0 Å². The number of anilines is 1. The van der Waals surface area contributed by atoms with Gasteiger partial charge >= 0.3 is 0 Å². The molecule has 0 radical (unpaired) electrons. The first-order valence-electron chi connectivity index (χ1n) is 6.18. The number of benzene rings is 1.